The van der Waals surface area contributed by atoms with Crippen LogP contribution in [0, 0.1) is 5.82 Å². The molecule has 0 unspecified atom stereocenters. The van der Waals surface area contributed by atoms with Gasteiger partial charge in [-0.05, 0) is 48.9 Å². The lowest BCUT2D eigenvalue weighted by molar-refractivity contribution is -0.159. The highest BCUT2D eigenvalue weighted by atomic mass is 35.5. The predicted molar refractivity (Wildman–Crippen MR) is 104 cm³/mol. The van der Waals surface area contributed by atoms with Gasteiger partial charge in [-0.3, -0.25) is 4.79 Å². The molecule has 30 heavy (non-hydrogen) atoms. The summed E-state index contributed by atoms with van der Waals surface area (Å²) in [7, 11) is 1.55. The first kappa shape index (κ1) is 22.2. The van der Waals surface area contributed by atoms with Gasteiger partial charge in [0.2, 0.25) is 5.91 Å². The van der Waals surface area contributed by atoms with Gasteiger partial charge in [0.15, 0.2) is 0 Å². The molecule has 1 saturated heterocycles. The second-order valence-electron chi connectivity index (χ2n) is 6.86. The highest BCUT2D eigenvalue weighted by molar-refractivity contribution is 6.31. The quantitative estimate of drug-likeness (QED) is 0.578. The Kier molecular flexibility index (Phi) is 7.10. The molecule has 5 nitrogen and oxygen atoms in total. The number of carbonyl (C=O) groups excluding carboxylic acids is 1. The van der Waals surface area contributed by atoms with Gasteiger partial charge in [0.05, 0.1) is 30.7 Å². The Morgan fingerprint density at radius 1 is 1.20 bits per heavy atom. The number of rotatable bonds is 8. The van der Waals surface area contributed by atoms with Gasteiger partial charge in [0.25, 0.3) is 0 Å². The van der Waals surface area contributed by atoms with E-state index in [4.69, 9.17) is 21.1 Å². The number of methoxy groups -OCH3 is 1. The fraction of sp³-hybridized carbons (Fsp3) is 0.381. The lowest BCUT2D eigenvalue weighted by Gasteiger charge is -2.27. The van der Waals surface area contributed by atoms with Crippen molar-refractivity contribution in [1.82, 2.24) is 4.90 Å². The summed E-state index contributed by atoms with van der Waals surface area (Å²) in [5.74, 6) is 0.305. The van der Waals surface area contributed by atoms with Crippen molar-refractivity contribution in [3.63, 3.8) is 0 Å². The Hall–Kier alpha value is -2.45. The van der Waals surface area contributed by atoms with Crippen LogP contribution in [0.4, 0.5) is 13.2 Å². The standard InChI is InChI=1S/C21H21ClF3NO4/c1-12(26-10-16(9-20(26)27)30-21(24)25)17-7-13(23)8-19(22)18(17)11-29-15-5-3-14(28-2)4-6-15/h3-8,12,16,21H,9-11H2,1-2H3/t12-,16-/m0/s1. The molecule has 0 radical (unpaired) electrons. The molecule has 1 aliphatic heterocycles. The third kappa shape index (κ3) is 5.17. The first-order chi connectivity index (χ1) is 14.3. The minimum Gasteiger partial charge on any atom is -0.497 e. The molecule has 0 N–H and O–H groups in total. The maximum absolute atomic E-state index is 14.1. The number of hydrogen-bond acceptors (Lipinski definition) is 4. The second-order valence-corrected chi connectivity index (χ2v) is 7.27. The molecule has 3 rings (SSSR count). The molecule has 2 atom stereocenters. The zero-order valence-electron chi connectivity index (χ0n) is 16.4. The molecule has 1 fully saturated rings. The molecule has 0 aromatic heterocycles. The van der Waals surface area contributed by atoms with Crippen molar-refractivity contribution in [2.24, 2.45) is 0 Å². The van der Waals surface area contributed by atoms with Crippen LogP contribution in [0.1, 0.15) is 30.5 Å². The fourth-order valence-electron chi connectivity index (χ4n) is 3.45. The zero-order chi connectivity index (χ0) is 21.8. The third-order valence-corrected chi connectivity index (χ3v) is 5.31. The number of nitrogens with zero attached hydrogens (tertiary/aromatic N) is 1. The summed E-state index contributed by atoms with van der Waals surface area (Å²) in [4.78, 5) is 13.7. The van der Waals surface area contributed by atoms with Gasteiger partial charge in [0.1, 0.15) is 23.9 Å². The number of carbonyl (C=O) groups is 1. The van der Waals surface area contributed by atoms with Crippen molar-refractivity contribution in [3.05, 3.63) is 58.4 Å². The number of ether oxygens (including phenoxy) is 3. The molecule has 0 spiro atoms. The van der Waals surface area contributed by atoms with Crippen LogP contribution >= 0.6 is 11.6 Å². The molecular formula is C21H21ClF3NO4. The zero-order valence-corrected chi connectivity index (χ0v) is 17.2. The SMILES string of the molecule is COc1ccc(OCc2c(Cl)cc(F)cc2[C@H](C)N2C[C@@H](OC(F)F)CC2=O)cc1. The molecule has 0 aliphatic carbocycles. The van der Waals surface area contributed by atoms with Crippen LogP contribution in [0.3, 0.4) is 0 Å². The highest BCUT2D eigenvalue weighted by Gasteiger charge is 2.36. The van der Waals surface area contributed by atoms with Crippen LogP contribution in [0.25, 0.3) is 0 Å². The summed E-state index contributed by atoms with van der Waals surface area (Å²) in [5.41, 5.74) is 0.951. The van der Waals surface area contributed by atoms with Crippen LogP contribution in [-0.2, 0) is 16.1 Å². The number of likely N-dealkylation sites (tertiary alicyclic amines) is 1. The monoisotopic (exact) mass is 443 g/mol. The van der Waals surface area contributed by atoms with Gasteiger partial charge in [-0.25, -0.2) is 4.39 Å². The first-order valence-corrected chi connectivity index (χ1v) is 9.64. The van der Waals surface area contributed by atoms with Gasteiger partial charge in [-0.15, -0.1) is 0 Å². The summed E-state index contributed by atoms with van der Waals surface area (Å²) in [6.45, 7) is -1.26. The third-order valence-electron chi connectivity index (χ3n) is 4.97. The Balaban J connectivity index is 1.80. The molecule has 0 bridgehead atoms. The fourth-order valence-corrected chi connectivity index (χ4v) is 3.72. The number of alkyl halides is 2. The Morgan fingerprint density at radius 2 is 1.87 bits per heavy atom. The average molecular weight is 444 g/mol. The maximum atomic E-state index is 14.1. The van der Waals surface area contributed by atoms with E-state index >= 15 is 0 Å². The van der Waals surface area contributed by atoms with Gasteiger partial charge < -0.3 is 19.1 Å². The van der Waals surface area contributed by atoms with Crippen LogP contribution in [0.2, 0.25) is 5.02 Å². The molecule has 0 saturated carbocycles. The van der Waals surface area contributed by atoms with Crippen LogP contribution in [-0.4, -0.2) is 37.2 Å². The summed E-state index contributed by atoms with van der Waals surface area (Å²) in [5, 5.41) is 0.150. The van der Waals surface area contributed by atoms with E-state index in [1.54, 1.807) is 38.3 Å². The predicted octanol–water partition coefficient (Wildman–Crippen LogP) is 4.97. The molecule has 2 aromatic rings. The lowest BCUT2D eigenvalue weighted by atomic mass is 10.0. The Morgan fingerprint density at radius 3 is 2.50 bits per heavy atom. The number of amides is 1. The van der Waals surface area contributed by atoms with E-state index in [-0.39, 0.29) is 30.5 Å². The van der Waals surface area contributed by atoms with E-state index in [0.717, 1.165) is 0 Å². The topological polar surface area (TPSA) is 48.0 Å². The number of hydrogen-bond donors (Lipinski definition) is 0. The van der Waals surface area contributed by atoms with Crippen molar-refractivity contribution in [3.8, 4) is 11.5 Å². The highest BCUT2D eigenvalue weighted by Crippen LogP contribution is 2.34. The van der Waals surface area contributed by atoms with Crippen molar-refractivity contribution in [2.45, 2.75) is 38.7 Å². The van der Waals surface area contributed by atoms with Gasteiger partial charge in [-0.2, -0.15) is 8.78 Å². The van der Waals surface area contributed by atoms with Gasteiger partial charge >= 0.3 is 6.61 Å². The van der Waals surface area contributed by atoms with Crippen molar-refractivity contribution >= 4 is 17.5 Å². The van der Waals surface area contributed by atoms with Crippen LogP contribution < -0.4 is 9.47 Å². The molecule has 1 aliphatic rings. The molecule has 1 amide bonds. The summed E-state index contributed by atoms with van der Waals surface area (Å²) >= 11 is 6.27. The van der Waals surface area contributed by atoms with E-state index < -0.39 is 24.6 Å². The Bertz CT molecular complexity index is 895. The maximum Gasteiger partial charge on any atom is 0.345 e. The number of benzene rings is 2. The van der Waals surface area contributed by atoms with Gasteiger partial charge in [-0.1, -0.05) is 11.6 Å². The van der Waals surface area contributed by atoms with Crippen molar-refractivity contribution in [2.75, 3.05) is 13.7 Å². The normalized spacial score (nSPS) is 17.5. The molecule has 162 valence electrons. The second kappa shape index (κ2) is 9.57. The minimum absolute atomic E-state index is 0.0166. The van der Waals surface area contributed by atoms with Crippen LogP contribution in [0.5, 0.6) is 11.5 Å². The summed E-state index contributed by atoms with van der Waals surface area (Å²) < 4.78 is 54.4. The average Bonchev–Trinajstić information content (AvgIpc) is 3.05. The van der Waals surface area contributed by atoms with E-state index in [1.165, 1.54) is 17.0 Å². The molecule has 9 heteroatoms. The smallest absolute Gasteiger partial charge is 0.345 e. The van der Waals surface area contributed by atoms with Crippen LogP contribution in [0.15, 0.2) is 36.4 Å². The van der Waals surface area contributed by atoms with Gasteiger partial charge in [0, 0.05) is 12.1 Å². The minimum atomic E-state index is -2.96. The van der Waals surface area contributed by atoms with E-state index in [1.807, 2.05) is 0 Å². The summed E-state index contributed by atoms with van der Waals surface area (Å²) in [6, 6.07) is 8.74. The van der Waals surface area contributed by atoms with E-state index in [0.29, 0.717) is 22.6 Å². The largest absolute Gasteiger partial charge is 0.497 e. The van der Waals surface area contributed by atoms with Crippen molar-refractivity contribution in [1.29, 1.82) is 0 Å². The molecular weight excluding hydrogens is 423 g/mol. The van der Waals surface area contributed by atoms with Crippen molar-refractivity contribution < 1.29 is 32.2 Å². The molecule has 1 heterocycles. The molecule has 2 aromatic carbocycles. The Labute approximate surface area is 177 Å². The lowest BCUT2D eigenvalue weighted by Crippen LogP contribution is -2.30. The number of halogens is 4. The van der Waals surface area contributed by atoms with E-state index in [9.17, 15) is 18.0 Å². The first-order valence-electron chi connectivity index (χ1n) is 9.26. The summed E-state index contributed by atoms with van der Waals surface area (Å²) in [6.07, 6.45) is -1.07. The van der Waals surface area contributed by atoms with E-state index in [2.05, 4.69) is 4.74 Å².